The average molecular weight is 382 g/mol. The largest absolute Gasteiger partial charge is 0.338 e. The summed E-state index contributed by atoms with van der Waals surface area (Å²) < 4.78 is 0. The molecule has 1 amide bonds. The molecule has 2 atom stereocenters. The lowest BCUT2D eigenvalue weighted by Crippen LogP contribution is -2.38. The van der Waals surface area contributed by atoms with Gasteiger partial charge in [0.25, 0.3) is 0 Å². The molecule has 2 aromatic rings. The van der Waals surface area contributed by atoms with E-state index in [1.54, 1.807) is 0 Å². The second kappa shape index (κ2) is 6.93. The van der Waals surface area contributed by atoms with E-state index in [1.165, 1.54) is 18.2 Å². The Morgan fingerprint density at radius 2 is 1.89 bits per heavy atom. The van der Waals surface area contributed by atoms with E-state index in [-0.39, 0.29) is 11.3 Å². The molecule has 1 saturated carbocycles. The predicted molar refractivity (Wildman–Crippen MR) is 109 cm³/mol. The van der Waals surface area contributed by atoms with Gasteiger partial charge in [-0.05, 0) is 42.2 Å². The molecule has 0 spiro atoms. The van der Waals surface area contributed by atoms with Crippen LogP contribution in [0.15, 0.2) is 47.5 Å². The minimum Gasteiger partial charge on any atom is -0.338 e. The fourth-order valence-electron chi connectivity index (χ4n) is 5.13. The van der Waals surface area contributed by atoms with E-state index in [0.717, 1.165) is 35.7 Å². The highest BCUT2D eigenvalue weighted by Gasteiger charge is 2.50. The number of likely N-dealkylation sites (tertiary alicyclic amines) is 1. The first kappa shape index (κ1) is 18.5. The van der Waals surface area contributed by atoms with Gasteiger partial charge in [-0.1, -0.05) is 62.9 Å². The van der Waals surface area contributed by atoms with Crippen molar-refractivity contribution in [1.82, 2.24) is 15.1 Å². The number of hydrogen-bond acceptors (Lipinski definition) is 4. The second-order valence-corrected chi connectivity index (χ2v) is 10.1. The van der Waals surface area contributed by atoms with Gasteiger partial charge in [-0.15, -0.1) is 10.2 Å². The van der Waals surface area contributed by atoms with Crippen LogP contribution in [0, 0.1) is 10.8 Å². The van der Waals surface area contributed by atoms with Crippen LogP contribution >= 0.6 is 11.8 Å². The van der Waals surface area contributed by atoms with Crippen LogP contribution in [0.4, 0.5) is 0 Å². The van der Waals surface area contributed by atoms with Crippen molar-refractivity contribution in [1.29, 1.82) is 0 Å². The van der Waals surface area contributed by atoms with E-state index in [9.17, 15) is 4.79 Å². The number of carbonyl (C=O) groups is 1. The van der Waals surface area contributed by atoms with Crippen LogP contribution in [-0.2, 0) is 4.79 Å². The highest BCUT2D eigenvalue weighted by Crippen LogP contribution is 2.52. The van der Waals surface area contributed by atoms with Gasteiger partial charge in [-0.2, -0.15) is 0 Å². The van der Waals surface area contributed by atoms with Gasteiger partial charge in [-0.3, -0.25) is 4.79 Å². The molecule has 2 fully saturated rings. The molecule has 5 heteroatoms. The highest BCUT2D eigenvalue weighted by atomic mass is 32.2. The van der Waals surface area contributed by atoms with Crippen molar-refractivity contribution in [3.63, 3.8) is 0 Å². The normalized spacial score (nSPS) is 26.2. The molecule has 27 heavy (non-hydrogen) atoms. The number of benzene rings is 1. The smallest absolute Gasteiger partial charge is 0.233 e. The molecule has 4 nitrogen and oxygen atoms in total. The van der Waals surface area contributed by atoms with Crippen LogP contribution in [0.5, 0.6) is 0 Å². The Labute approximate surface area is 165 Å². The summed E-state index contributed by atoms with van der Waals surface area (Å²) in [5.74, 6) is 0.673. The summed E-state index contributed by atoms with van der Waals surface area (Å²) in [5.41, 5.74) is 2.52. The van der Waals surface area contributed by atoms with Gasteiger partial charge in [-0.25, -0.2) is 0 Å². The topological polar surface area (TPSA) is 46.1 Å². The Hall–Kier alpha value is -1.88. The summed E-state index contributed by atoms with van der Waals surface area (Å²) in [4.78, 5) is 15.0. The summed E-state index contributed by atoms with van der Waals surface area (Å²) in [6, 6.07) is 14.3. The third-order valence-corrected chi connectivity index (χ3v) is 6.69. The molecule has 4 rings (SSSR count). The Morgan fingerprint density at radius 3 is 2.59 bits per heavy atom. The predicted octanol–water partition coefficient (Wildman–Crippen LogP) is 4.66. The Bertz CT molecular complexity index is 821. The number of amides is 1. The number of fused-ring (bicyclic) bond motifs is 2. The molecular formula is C22H27N3OS. The number of carbonyl (C=O) groups excluding carboxylic acids is 1. The molecule has 1 aromatic heterocycles. The molecule has 142 valence electrons. The molecule has 1 aliphatic carbocycles. The molecule has 1 aliphatic heterocycles. The monoisotopic (exact) mass is 381 g/mol. The number of hydrogen-bond donors (Lipinski definition) is 0. The van der Waals surface area contributed by atoms with Crippen LogP contribution in [-0.4, -0.2) is 39.3 Å². The van der Waals surface area contributed by atoms with E-state index < -0.39 is 0 Å². The van der Waals surface area contributed by atoms with Gasteiger partial charge in [0, 0.05) is 18.2 Å². The summed E-state index contributed by atoms with van der Waals surface area (Å²) in [5, 5.41) is 9.41. The third-order valence-electron chi connectivity index (χ3n) is 5.79. The maximum Gasteiger partial charge on any atom is 0.233 e. The lowest BCUT2D eigenvalue weighted by molar-refractivity contribution is -0.129. The molecule has 1 aromatic carbocycles. The van der Waals surface area contributed by atoms with Crippen LogP contribution in [0.25, 0.3) is 11.3 Å². The van der Waals surface area contributed by atoms with Gasteiger partial charge in [0.15, 0.2) is 0 Å². The number of aromatic nitrogens is 2. The fraction of sp³-hybridized carbons (Fsp3) is 0.500. The first-order chi connectivity index (χ1) is 12.8. The Morgan fingerprint density at radius 1 is 1.11 bits per heavy atom. The van der Waals surface area contributed by atoms with Gasteiger partial charge in [0.05, 0.1) is 11.4 Å². The first-order valence-electron chi connectivity index (χ1n) is 9.65. The molecule has 0 N–H and O–H groups in total. The standard InChI is InChI=1S/C22H27N3OS/c1-21(2)11-17-12-22(3,14-21)15-25(17)20(26)13-27-19-10-9-18(23-24-19)16-7-5-4-6-8-16/h4-10,17H,11-15H2,1-3H3. The molecular weight excluding hydrogens is 354 g/mol. The van der Waals surface area contributed by atoms with Crippen molar-refractivity contribution in [2.24, 2.45) is 10.8 Å². The zero-order valence-electron chi connectivity index (χ0n) is 16.3. The van der Waals surface area contributed by atoms with Gasteiger partial charge >= 0.3 is 0 Å². The maximum absolute atomic E-state index is 12.9. The van der Waals surface area contributed by atoms with Gasteiger partial charge < -0.3 is 4.90 Å². The lowest BCUT2D eigenvalue weighted by atomic mass is 9.65. The van der Waals surface area contributed by atoms with E-state index in [2.05, 4.69) is 35.9 Å². The van der Waals surface area contributed by atoms with Gasteiger partial charge in [0.2, 0.25) is 5.91 Å². The Balaban J connectivity index is 1.37. The van der Waals surface area contributed by atoms with E-state index in [1.807, 2.05) is 42.5 Å². The zero-order valence-corrected chi connectivity index (χ0v) is 17.1. The van der Waals surface area contributed by atoms with Crippen molar-refractivity contribution < 1.29 is 4.79 Å². The zero-order chi connectivity index (χ0) is 19.1. The second-order valence-electron chi connectivity index (χ2n) is 9.15. The first-order valence-corrected chi connectivity index (χ1v) is 10.6. The summed E-state index contributed by atoms with van der Waals surface area (Å²) in [6.45, 7) is 7.92. The van der Waals surface area contributed by atoms with Crippen LogP contribution in [0.2, 0.25) is 0 Å². The molecule has 1 saturated heterocycles. The maximum atomic E-state index is 12.9. The van der Waals surface area contributed by atoms with Crippen LogP contribution < -0.4 is 0 Å². The number of nitrogens with zero attached hydrogens (tertiary/aromatic N) is 3. The molecule has 0 radical (unpaired) electrons. The van der Waals surface area contributed by atoms with E-state index in [4.69, 9.17) is 0 Å². The highest BCUT2D eigenvalue weighted by molar-refractivity contribution is 7.99. The quantitative estimate of drug-likeness (QED) is 0.723. The fourth-order valence-corrected chi connectivity index (χ4v) is 5.83. The van der Waals surface area contributed by atoms with Crippen LogP contribution in [0.3, 0.4) is 0 Å². The van der Waals surface area contributed by atoms with Crippen molar-refractivity contribution in [2.75, 3.05) is 12.3 Å². The molecule has 2 heterocycles. The Kier molecular flexibility index (Phi) is 4.75. The summed E-state index contributed by atoms with van der Waals surface area (Å²) in [6.07, 6.45) is 3.48. The minimum atomic E-state index is 0.236. The minimum absolute atomic E-state index is 0.236. The van der Waals surface area contributed by atoms with Crippen molar-refractivity contribution in [2.45, 2.75) is 51.1 Å². The van der Waals surface area contributed by atoms with E-state index in [0.29, 0.717) is 17.2 Å². The number of thioether (sulfide) groups is 1. The summed E-state index contributed by atoms with van der Waals surface area (Å²) in [7, 11) is 0. The van der Waals surface area contributed by atoms with Gasteiger partial charge in [0.1, 0.15) is 5.03 Å². The summed E-state index contributed by atoms with van der Waals surface area (Å²) >= 11 is 1.49. The molecule has 2 bridgehead atoms. The molecule has 2 unspecified atom stereocenters. The third kappa shape index (κ3) is 4.03. The lowest BCUT2D eigenvalue weighted by Gasteiger charge is -2.39. The molecule has 2 aliphatic rings. The van der Waals surface area contributed by atoms with Crippen molar-refractivity contribution >= 4 is 17.7 Å². The van der Waals surface area contributed by atoms with E-state index >= 15 is 0 Å². The SMILES string of the molecule is CC1(C)CC2CC(C)(CN2C(=O)CSc2ccc(-c3ccccc3)nn2)C1. The van der Waals surface area contributed by atoms with Crippen molar-refractivity contribution in [3.05, 3.63) is 42.5 Å². The number of rotatable bonds is 4. The van der Waals surface area contributed by atoms with Crippen molar-refractivity contribution in [3.8, 4) is 11.3 Å². The van der Waals surface area contributed by atoms with Crippen LogP contribution in [0.1, 0.15) is 40.0 Å². The average Bonchev–Trinajstić information content (AvgIpc) is 2.90.